The van der Waals surface area contributed by atoms with Gasteiger partial charge in [-0.1, -0.05) is 44.5 Å². The monoisotopic (exact) mass is 387 g/mol. The maximum atomic E-state index is 12.7. The smallest absolute Gasteiger partial charge is 0.327 e. The van der Waals surface area contributed by atoms with Crippen LogP contribution in [-0.4, -0.2) is 57.3 Å². The first-order valence-electron chi connectivity index (χ1n) is 9.54. The zero-order chi connectivity index (χ0) is 20.4. The highest BCUT2D eigenvalue weighted by atomic mass is 16.4. The van der Waals surface area contributed by atoms with E-state index in [-0.39, 0.29) is 24.8 Å². The number of hydrogen-bond donors (Lipinski definition) is 2. The fourth-order valence-corrected chi connectivity index (χ4v) is 3.72. The van der Waals surface area contributed by atoms with Crippen LogP contribution in [0, 0.1) is 5.92 Å². The highest BCUT2D eigenvalue weighted by molar-refractivity contribution is 6.05. The summed E-state index contributed by atoms with van der Waals surface area (Å²) in [7, 11) is 0. The molecule has 1 saturated heterocycles. The minimum absolute atomic E-state index is 0.0559. The minimum atomic E-state index is -1.09. The molecule has 1 aromatic carbocycles. The average Bonchev–Trinajstić information content (AvgIpc) is 2.91. The number of nitrogens with zero attached hydrogens (tertiary/aromatic N) is 2. The fourth-order valence-electron chi connectivity index (χ4n) is 3.72. The van der Waals surface area contributed by atoms with E-state index in [0.29, 0.717) is 19.4 Å². The van der Waals surface area contributed by atoms with E-state index >= 15 is 0 Å². The molecule has 3 atom stereocenters. The predicted octanol–water partition coefficient (Wildman–Crippen LogP) is 1.38. The van der Waals surface area contributed by atoms with Crippen LogP contribution in [0.4, 0.5) is 4.79 Å². The summed E-state index contributed by atoms with van der Waals surface area (Å²) in [6, 6.07) is 5.81. The van der Waals surface area contributed by atoms with Crippen molar-refractivity contribution in [3.8, 4) is 0 Å². The largest absolute Gasteiger partial charge is 0.480 e. The van der Waals surface area contributed by atoms with Gasteiger partial charge in [-0.25, -0.2) is 9.59 Å². The third-order valence-electron chi connectivity index (χ3n) is 5.63. The van der Waals surface area contributed by atoms with Crippen LogP contribution in [0.1, 0.15) is 37.8 Å². The van der Waals surface area contributed by atoms with E-state index in [0.717, 1.165) is 16.0 Å². The van der Waals surface area contributed by atoms with Crippen LogP contribution in [-0.2, 0) is 27.3 Å². The van der Waals surface area contributed by atoms with Gasteiger partial charge in [-0.2, -0.15) is 0 Å². The number of aliphatic carboxylic acids is 1. The van der Waals surface area contributed by atoms with Gasteiger partial charge in [0.2, 0.25) is 5.91 Å². The Hall–Kier alpha value is -2.90. The van der Waals surface area contributed by atoms with E-state index in [1.165, 1.54) is 0 Å². The van der Waals surface area contributed by atoms with Crippen LogP contribution >= 0.6 is 0 Å². The van der Waals surface area contributed by atoms with E-state index < -0.39 is 30.0 Å². The summed E-state index contributed by atoms with van der Waals surface area (Å²) >= 11 is 0. The molecular formula is C20H25N3O5. The van der Waals surface area contributed by atoms with Crippen molar-refractivity contribution in [2.24, 2.45) is 5.92 Å². The molecule has 150 valence electrons. The zero-order valence-corrected chi connectivity index (χ0v) is 16.1. The molecule has 1 aromatic rings. The molecule has 0 aliphatic carbocycles. The summed E-state index contributed by atoms with van der Waals surface area (Å²) in [6.07, 6.45) is 0.960. The lowest BCUT2D eigenvalue weighted by molar-refractivity contribution is -0.143. The topological polar surface area (TPSA) is 107 Å². The second-order valence-electron chi connectivity index (χ2n) is 7.41. The molecule has 2 N–H and O–H groups in total. The lowest BCUT2D eigenvalue weighted by Gasteiger charge is -2.28. The maximum Gasteiger partial charge on any atom is 0.327 e. The Morgan fingerprint density at radius 2 is 1.93 bits per heavy atom. The molecule has 0 unspecified atom stereocenters. The Bertz CT molecular complexity index is 766. The number of imide groups is 1. The number of carbonyl (C=O) groups excluding carboxylic acids is 3. The van der Waals surface area contributed by atoms with Crippen LogP contribution in [0.3, 0.4) is 0 Å². The number of benzene rings is 1. The Kier molecular flexibility index (Phi) is 5.67. The molecule has 8 nitrogen and oxygen atoms in total. The molecule has 2 heterocycles. The van der Waals surface area contributed by atoms with Gasteiger partial charge in [0.1, 0.15) is 12.1 Å². The molecule has 3 rings (SSSR count). The summed E-state index contributed by atoms with van der Waals surface area (Å²) in [5.74, 6) is -2.10. The van der Waals surface area contributed by atoms with Gasteiger partial charge >= 0.3 is 12.0 Å². The molecule has 2 aliphatic rings. The Balaban J connectivity index is 1.61. The van der Waals surface area contributed by atoms with Gasteiger partial charge in [0.05, 0.1) is 0 Å². The Morgan fingerprint density at radius 3 is 2.57 bits per heavy atom. The third kappa shape index (κ3) is 3.72. The number of carbonyl (C=O) groups is 4. The van der Waals surface area contributed by atoms with Gasteiger partial charge in [-0.05, 0) is 17.0 Å². The fraction of sp³-hybridized carbons (Fsp3) is 0.500. The molecule has 0 radical (unpaired) electrons. The van der Waals surface area contributed by atoms with Gasteiger partial charge in [-0.3, -0.25) is 14.5 Å². The van der Waals surface area contributed by atoms with Crippen LogP contribution < -0.4 is 5.32 Å². The normalized spacial score (nSPS) is 20.4. The van der Waals surface area contributed by atoms with Gasteiger partial charge in [-0.15, -0.1) is 0 Å². The average molecular weight is 387 g/mol. The number of nitrogens with one attached hydrogen (secondary N) is 1. The van der Waals surface area contributed by atoms with Crippen molar-refractivity contribution in [3.05, 3.63) is 35.4 Å². The van der Waals surface area contributed by atoms with Crippen molar-refractivity contribution in [3.63, 3.8) is 0 Å². The molecule has 0 saturated carbocycles. The lowest BCUT2D eigenvalue weighted by Crippen LogP contribution is -2.46. The molecule has 0 bridgehead atoms. The van der Waals surface area contributed by atoms with Gasteiger partial charge in [0.15, 0.2) is 0 Å². The van der Waals surface area contributed by atoms with E-state index in [9.17, 15) is 24.3 Å². The van der Waals surface area contributed by atoms with Crippen molar-refractivity contribution >= 4 is 23.8 Å². The van der Waals surface area contributed by atoms with Crippen molar-refractivity contribution in [1.29, 1.82) is 0 Å². The first-order chi connectivity index (χ1) is 13.3. The molecule has 0 aromatic heterocycles. The van der Waals surface area contributed by atoms with Crippen LogP contribution in [0.25, 0.3) is 0 Å². The van der Waals surface area contributed by atoms with Crippen molar-refractivity contribution in [2.75, 3.05) is 6.54 Å². The molecule has 8 heteroatoms. The van der Waals surface area contributed by atoms with E-state index in [1.54, 1.807) is 11.8 Å². The van der Waals surface area contributed by atoms with Gasteiger partial charge in [0.25, 0.3) is 5.91 Å². The highest BCUT2D eigenvalue weighted by Crippen LogP contribution is 2.30. The third-order valence-corrected chi connectivity index (χ3v) is 5.63. The standard InChI is InChI=1S/C20H25N3O5/c1-3-12(2)17(19(26)27)21-16(24)8-9-22-18(25)15-10-13-6-4-5-7-14(13)11-23(15)20(22)28/h4-7,12,15,17H,3,8-11H2,1-2H3,(H,21,24)(H,26,27)/t12-,15+,17+/m1/s1. The van der Waals surface area contributed by atoms with Crippen molar-refractivity contribution in [2.45, 2.75) is 51.7 Å². The van der Waals surface area contributed by atoms with Crippen LogP contribution in [0.15, 0.2) is 24.3 Å². The maximum absolute atomic E-state index is 12.7. The van der Waals surface area contributed by atoms with E-state index in [1.807, 2.05) is 31.2 Å². The van der Waals surface area contributed by atoms with E-state index in [4.69, 9.17) is 0 Å². The van der Waals surface area contributed by atoms with Gasteiger partial charge < -0.3 is 15.3 Å². The summed E-state index contributed by atoms with van der Waals surface area (Å²) in [5.41, 5.74) is 2.08. The van der Waals surface area contributed by atoms with Crippen molar-refractivity contribution in [1.82, 2.24) is 15.1 Å². The number of carboxylic acid groups (broad SMARTS) is 1. The number of hydrogen-bond acceptors (Lipinski definition) is 4. The second kappa shape index (κ2) is 8.00. The number of carboxylic acids is 1. The van der Waals surface area contributed by atoms with Crippen LogP contribution in [0.5, 0.6) is 0 Å². The molecule has 0 spiro atoms. The number of urea groups is 1. The molecular weight excluding hydrogens is 362 g/mol. The quantitative estimate of drug-likeness (QED) is 0.688. The molecule has 28 heavy (non-hydrogen) atoms. The zero-order valence-electron chi connectivity index (χ0n) is 16.1. The lowest BCUT2D eigenvalue weighted by atomic mass is 9.95. The summed E-state index contributed by atoms with van der Waals surface area (Å²) < 4.78 is 0. The summed E-state index contributed by atoms with van der Waals surface area (Å²) in [5, 5.41) is 11.8. The SMILES string of the molecule is CC[C@@H](C)[C@H](NC(=O)CCN1C(=O)[C@@H]2Cc3ccccc3CN2C1=O)C(=O)O. The van der Waals surface area contributed by atoms with E-state index in [2.05, 4.69) is 5.32 Å². The summed E-state index contributed by atoms with van der Waals surface area (Å²) in [4.78, 5) is 51.5. The molecule has 4 amide bonds. The molecule has 1 fully saturated rings. The Labute approximate surface area is 163 Å². The number of rotatable bonds is 7. The first kappa shape index (κ1) is 19.9. The predicted molar refractivity (Wildman–Crippen MR) is 100 cm³/mol. The minimum Gasteiger partial charge on any atom is -0.480 e. The van der Waals surface area contributed by atoms with Crippen LogP contribution in [0.2, 0.25) is 0 Å². The van der Waals surface area contributed by atoms with Crippen molar-refractivity contribution < 1.29 is 24.3 Å². The summed E-state index contributed by atoms with van der Waals surface area (Å²) in [6.45, 7) is 3.92. The molecule has 2 aliphatic heterocycles. The number of fused-ring (bicyclic) bond motifs is 2. The number of amides is 4. The first-order valence-corrected chi connectivity index (χ1v) is 9.54. The van der Waals surface area contributed by atoms with Gasteiger partial charge in [0, 0.05) is 25.9 Å². The highest BCUT2D eigenvalue weighted by Gasteiger charge is 2.46. The Morgan fingerprint density at radius 1 is 1.25 bits per heavy atom. The second-order valence-corrected chi connectivity index (χ2v) is 7.41.